The average Bonchev–Trinajstić information content (AvgIpc) is 2.60. The Morgan fingerprint density at radius 2 is 1.52 bits per heavy atom. The summed E-state index contributed by atoms with van der Waals surface area (Å²) in [6.07, 6.45) is 11.0. The van der Waals surface area contributed by atoms with Crippen LogP contribution in [0.1, 0.15) is 77.6 Å². The second kappa shape index (κ2) is 15.6. The Hall–Kier alpha value is -1.41. The van der Waals surface area contributed by atoms with E-state index in [0.29, 0.717) is 12.8 Å². The lowest BCUT2D eigenvalue weighted by Gasteiger charge is -2.13. The second-order valence-corrected chi connectivity index (χ2v) is 8.10. The molecule has 0 saturated heterocycles. The zero-order valence-corrected chi connectivity index (χ0v) is 17.2. The van der Waals surface area contributed by atoms with Crippen LogP contribution in [0.3, 0.4) is 0 Å². The summed E-state index contributed by atoms with van der Waals surface area (Å²) < 4.78 is 41.6. The molecule has 0 aromatic carbocycles. The van der Waals surface area contributed by atoms with Crippen molar-refractivity contribution in [3.8, 4) is 0 Å². The number of esters is 2. The minimum absolute atomic E-state index is 0.0357. The molecular weight excluding hydrogens is 372 g/mol. The summed E-state index contributed by atoms with van der Waals surface area (Å²) in [5.74, 6) is -2.02. The van der Waals surface area contributed by atoms with Crippen LogP contribution < -0.4 is 0 Å². The van der Waals surface area contributed by atoms with E-state index in [9.17, 15) is 22.6 Å². The Labute approximate surface area is 163 Å². The van der Waals surface area contributed by atoms with E-state index in [1.165, 1.54) is 38.2 Å². The number of hydrogen-bond acceptors (Lipinski definition) is 6. The summed E-state index contributed by atoms with van der Waals surface area (Å²) in [5, 5.41) is -1.95. The van der Waals surface area contributed by atoms with Crippen LogP contribution in [0.15, 0.2) is 12.7 Å². The largest absolute Gasteiger partial charge is 0.465 e. The van der Waals surface area contributed by atoms with Crippen LogP contribution in [-0.2, 0) is 29.2 Å². The standard InChI is InChI=1S/C19H34O7S/c1-3-5-7-8-9-10-11-12-13-15-26-19(21)17(27(22,23)24)16-18(20)25-14-6-4-2/h4,17H,2-3,5-16H2,1H3,(H,22,23,24). The van der Waals surface area contributed by atoms with Crippen molar-refractivity contribution < 1.29 is 32.0 Å². The summed E-state index contributed by atoms with van der Waals surface area (Å²) >= 11 is 0. The number of carbonyl (C=O) groups excluding carboxylic acids is 2. The van der Waals surface area contributed by atoms with Crippen molar-refractivity contribution >= 4 is 22.1 Å². The minimum atomic E-state index is -4.75. The molecule has 0 heterocycles. The monoisotopic (exact) mass is 406 g/mol. The Kier molecular flexibility index (Phi) is 14.8. The summed E-state index contributed by atoms with van der Waals surface area (Å²) in [4.78, 5) is 23.5. The third kappa shape index (κ3) is 14.3. The smallest absolute Gasteiger partial charge is 0.327 e. The first kappa shape index (κ1) is 25.6. The molecule has 0 aliphatic carbocycles. The van der Waals surface area contributed by atoms with Gasteiger partial charge < -0.3 is 9.47 Å². The molecule has 158 valence electrons. The first-order chi connectivity index (χ1) is 12.8. The van der Waals surface area contributed by atoms with E-state index >= 15 is 0 Å². The van der Waals surface area contributed by atoms with Gasteiger partial charge in [0.1, 0.15) is 0 Å². The van der Waals surface area contributed by atoms with Crippen LogP contribution in [-0.4, -0.2) is 43.4 Å². The van der Waals surface area contributed by atoms with Crippen molar-refractivity contribution in [2.75, 3.05) is 13.2 Å². The van der Waals surface area contributed by atoms with Crippen LogP contribution in [0.2, 0.25) is 0 Å². The van der Waals surface area contributed by atoms with E-state index in [1.54, 1.807) is 0 Å². The van der Waals surface area contributed by atoms with Crippen molar-refractivity contribution in [3.05, 3.63) is 12.7 Å². The molecule has 8 heteroatoms. The number of unbranched alkanes of at least 4 members (excludes halogenated alkanes) is 8. The number of ether oxygens (including phenoxy) is 2. The topological polar surface area (TPSA) is 107 Å². The van der Waals surface area contributed by atoms with Gasteiger partial charge in [0.2, 0.25) is 0 Å². The second-order valence-electron chi connectivity index (χ2n) is 6.50. The van der Waals surface area contributed by atoms with Gasteiger partial charge in [0.25, 0.3) is 10.1 Å². The molecule has 27 heavy (non-hydrogen) atoms. The molecule has 1 N–H and O–H groups in total. The maximum absolute atomic E-state index is 11.9. The summed E-state index contributed by atoms with van der Waals surface area (Å²) in [6, 6.07) is 0. The van der Waals surface area contributed by atoms with Crippen LogP contribution in [0.5, 0.6) is 0 Å². The normalized spacial score (nSPS) is 12.4. The highest BCUT2D eigenvalue weighted by Gasteiger charge is 2.35. The maximum atomic E-state index is 11.9. The van der Waals surface area contributed by atoms with E-state index < -0.39 is 33.7 Å². The third-order valence-electron chi connectivity index (χ3n) is 4.05. The molecule has 0 radical (unpaired) electrons. The number of rotatable bonds is 17. The van der Waals surface area contributed by atoms with Gasteiger partial charge >= 0.3 is 11.9 Å². The van der Waals surface area contributed by atoms with Crippen LogP contribution >= 0.6 is 0 Å². The fraction of sp³-hybridized carbons (Fsp3) is 0.789. The molecule has 7 nitrogen and oxygen atoms in total. The van der Waals surface area contributed by atoms with Crippen molar-refractivity contribution in [2.45, 2.75) is 82.8 Å². The van der Waals surface area contributed by atoms with Crippen molar-refractivity contribution in [1.29, 1.82) is 0 Å². The summed E-state index contributed by atoms with van der Waals surface area (Å²) in [5.41, 5.74) is 0. The molecule has 1 atom stereocenters. The van der Waals surface area contributed by atoms with Gasteiger partial charge in [0.05, 0.1) is 19.6 Å². The number of hydrogen-bond donors (Lipinski definition) is 1. The minimum Gasteiger partial charge on any atom is -0.465 e. The molecule has 0 saturated carbocycles. The van der Waals surface area contributed by atoms with E-state index in [1.807, 2.05) is 0 Å². The molecule has 0 aliphatic heterocycles. The van der Waals surface area contributed by atoms with Gasteiger partial charge in [-0.2, -0.15) is 8.42 Å². The fourth-order valence-corrected chi connectivity index (χ4v) is 3.11. The molecule has 0 rings (SSSR count). The molecule has 1 unspecified atom stereocenters. The molecule has 0 aromatic heterocycles. The quantitative estimate of drug-likeness (QED) is 0.169. The highest BCUT2D eigenvalue weighted by Crippen LogP contribution is 2.12. The van der Waals surface area contributed by atoms with E-state index in [4.69, 9.17) is 9.47 Å². The Bertz CT molecular complexity index is 528. The van der Waals surface area contributed by atoms with Gasteiger partial charge in [-0.3, -0.25) is 14.1 Å². The highest BCUT2D eigenvalue weighted by molar-refractivity contribution is 7.87. The summed E-state index contributed by atoms with van der Waals surface area (Å²) in [6.45, 7) is 5.74. The molecule has 0 amide bonds. The molecular formula is C19H34O7S. The Morgan fingerprint density at radius 1 is 0.963 bits per heavy atom. The Morgan fingerprint density at radius 3 is 2.04 bits per heavy atom. The van der Waals surface area contributed by atoms with E-state index in [2.05, 4.69) is 13.5 Å². The molecule has 0 aromatic rings. The highest BCUT2D eigenvalue weighted by atomic mass is 32.2. The first-order valence-electron chi connectivity index (χ1n) is 9.72. The lowest BCUT2D eigenvalue weighted by atomic mass is 10.1. The third-order valence-corrected chi connectivity index (χ3v) is 5.13. The predicted octanol–water partition coefficient (Wildman–Crippen LogP) is 3.83. The lowest BCUT2D eigenvalue weighted by Crippen LogP contribution is -2.34. The molecule has 0 spiro atoms. The average molecular weight is 407 g/mol. The van der Waals surface area contributed by atoms with Gasteiger partial charge in [-0.25, -0.2) is 0 Å². The molecule has 0 bridgehead atoms. The van der Waals surface area contributed by atoms with Gasteiger partial charge in [-0.05, 0) is 12.8 Å². The zero-order chi connectivity index (χ0) is 20.5. The molecule has 0 aliphatic rings. The molecule has 0 fully saturated rings. The van der Waals surface area contributed by atoms with Gasteiger partial charge in [-0.1, -0.05) is 64.4 Å². The number of carbonyl (C=O) groups is 2. The SMILES string of the molecule is C=CCCOC(=O)CC(C(=O)OCCCCCCCCCCC)S(=O)(=O)O. The van der Waals surface area contributed by atoms with Crippen molar-refractivity contribution in [2.24, 2.45) is 0 Å². The lowest BCUT2D eigenvalue weighted by molar-refractivity contribution is -0.150. The van der Waals surface area contributed by atoms with Crippen LogP contribution in [0.4, 0.5) is 0 Å². The Balaban J connectivity index is 4.07. The van der Waals surface area contributed by atoms with Gasteiger partial charge in [0, 0.05) is 0 Å². The first-order valence-corrected chi connectivity index (χ1v) is 11.2. The zero-order valence-electron chi connectivity index (χ0n) is 16.4. The van der Waals surface area contributed by atoms with E-state index in [0.717, 1.165) is 19.3 Å². The van der Waals surface area contributed by atoms with Crippen molar-refractivity contribution in [1.82, 2.24) is 0 Å². The van der Waals surface area contributed by atoms with E-state index in [-0.39, 0.29) is 13.2 Å². The van der Waals surface area contributed by atoms with Gasteiger partial charge in [-0.15, -0.1) is 6.58 Å². The van der Waals surface area contributed by atoms with Crippen LogP contribution in [0, 0.1) is 0 Å². The predicted molar refractivity (Wildman–Crippen MR) is 104 cm³/mol. The summed E-state index contributed by atoms with van der Waals surface area (Å²) in [7, 11) is -4.75. The van der Waals surface area contributed by atoms with Gasteiger partial charge in [0.15, 0.2) is 5.25 Å². The van der Waals surface area contributed by atoms with Crippen LogP contribution in [0.25, 0.3) is 0 Å². The fourth-order valence-electron chi connectivity index (χ4n) is 2.46. The van der Waals surface area contributed by atoms with Crippen molar-refractivity contribution in [3.63, 3.8) is 0 Å². The maximum Gasteiger partial charge on any atom is 0.327 e.